The minimum Gasteiger partial charge on any atom is -0.470 e. The van der Waals surface area contributed by atoms with Crippen molar-refractivity contribution in [3.05, 3.63) is 12.1 Å². The molecule has 1 aromatic heterocycles. The van der Waals surface area contributed by atoms with E-state index in [9.17, 15) is 0 Å². The Bertz CT molecular complexity index is 367. The van der Waals surface area contributed by atoms with Crippen molar-refractivity contribution in [2.24, 2.45) is 0 Å². The molecule has 0 unspecified atom stereocenters. The Morgan fingerprint density at radius 2 is 1.82 bits per heavy atom. The van der Waals surface area contributed by atoms with Crippen LogP contribution in [0.5, 0.6) is 5.88 Å². The van der Waals surface area contributed by atoms with Crippen molar-refractivity contribution in [1.29, 1.82) is 0 Å². The molecule has 0 bridgehead atoms. The number of anilines is 2. The van der Waals surface area contributed by atoms with Gasteiger partial charge in [0.15, 0.2) is 0 Å². The van der Waals surface area contributed by atoms with Crippen molar-refractivity contribution in [3.63, 3.8) is 0 Å². The number of nitrogens with zero attached hydrogens (tertiary/aromatic N) is 2. The summed E-state index contributed by atoms with van der Waals surface area (Å²) in [5.41, 5.74) is 6.16. The third-order valence-electron chi connectivity index (χ3n) is 2.37. The van der Waals surface area contributed by atoms with Gasteiger partial charge in [0, 0.05) is 13.1 Å². The predicted molar refractivity (Wildman–Crippen MR) is 72.6 cm³/mol. The Balaban J connectivity index is 3.01. The summed E-state index contributed by atoms with van der Waals surface area (Å²) in [6.07, 6.45) is 0. The van der Waals surface area contributed by atoms with Crippen LogP contribution in [0, 0.1) is 0 Å². The number of pyridine rings is 1. The smallest absolute Gasteiger partial charge is 0.239 e. The fourth-order valence-corrected chi connectivity index (χ4v) is 1.54. The van der Waals surface area contributed by atoms with E-state index in [1.165, 1.54) is 0 Å². The molecule has 4 nitrogen and oxygen atoms in total. The van der Waals surface area contributed by atoms with Gasteiger partial charge in [0.1, 0.15) is 11.4 Å². The maximum atomic E-state index is 5.87. The van der Waals surface area contributed by atoms with Gasteiger partial charge in [0.2, 0.25) is 5.88 Å². The van der Waals surface area contributed by atoms with Crippen LogP contribution in [-0.4, -0.2) is 23.7 Å². The largest absolute Gasteiger partial charge is 0.470 e. The highest BCUT2D eigenvalue weighted by atomic mass is 16.5. The molecule has 0 aliphatic carbocycles. The van der Waals surface area contributed by atoms with Crippen LogP contribution in [0.4, 0.5) is 11.5 Å². The van der Waals surface area contributed by atoms with Crippen LogP contribution in [0.1, 0.15) is 34.6 Å². The predicted octanol–water partition coefficient (Wildman–Crippen LogP) is 2.69. The molecule has 1 rings (SSSR count). The van der Waals surface area contributed by atoms with Gasteiger partial charge in [-0.3, -0.25) is 0 Å². The quantitative estimate of drug-likeness (QED) is 0.874. The number of hydrogen-bond donors (Lipinski definition) is 1. The summed E-state index contributed by atoms with van der Waals surface area (Å²) in [4.78, 5) is 6.64. The lowest BCUT2D eigenvalue weighted by atomic mass is 10.2. The van der Waals surface area contributed by atoms with Crippen molar-refractivity contribution in [1.82, 2.24) is 4.98 Å². The topological polar surface area (TPSA) is 51.4 Å². The second kappa shape index (κ2) is 5.25. The van der Waals surface area contributed by atoms with Crippen molar-refractivity contribution in [3.8, 4) is 5.88 Å². The maximum absolute atomic E-state index is 5.87. The Labute approximate surface area is 104 Å². The second-order valence-corrected chi connectivity index (χ2v) is 4.95. The minimum absolute atomic E-state index is 0.289. The van der Waals surface area contributed by atoms with Gasteiger partial charge in [0.05, 0.1) is 5.69 Å². The van der Waals surface area contributed by atoms with E-state index in [-0.39, 0.29) is 5.60 Å². The van der Waals surface area contributed by atoms with Gasteiger partial charge in [-0.1, -0.05) is 0 Å². The van der Waals surface area contributed by atoms with Crippen molar-refractivity contribution in [2.45, 2.75) is 40.2 Å². The molecule has 0 atom stereocenters. The lowest BCUT2D eigenvalue weighted by Crippen LogP contribution is -2.26. The summed E-state index contributed by atoms with van der Waals surface area (Å²) >= 11 is 0. The summed E-state index contributed by atoms with van der Waals surface area (Å²) in [5.74, 6) is 1.42. The van der Waals surface area contributed by atoms with Gasteiger partial charge in [-0.05, 0) is 46.8 Å². The maximum Gasteiger partial charge on any atom is 0.239 e. The van der Waals surface area contributed by atoms with Crippen LogP contribution in [0.15, 0.2) is 12.1 Å². The highest BCUT2D eigenvalue weighted by molar-refractivity contribution is 5.54. The molecule has 0 saturated heterocycles. The van der Waals surface area contributed by atoms with Gasteiger partial charge in [-0.2, -0.15) is 4.98 Å². The van der Waals surface area contributed by atoms with E-state index in [4.69, 9.17) is 10.5 Å². The Kier molecular flexibility index (Phi) is 4.21. The van der Waals surface area contributed by atoms with E-state index < -0.39 is 0 Å². The third-order valence-corrected chi connectivity index (χ3v) is 2.37. The molecule has 0 spiro atoms. The van der Waals surface area contributed by atoms with E-state index in [0.717, 1.165) is 18.9 Å². The summed E-state index contributed by atoms with van der Waals surface area (Å²) < 4.78 is 5.75. The summed E-state index contributed by atoms with van der Waals surface area (Å²) in [5, 5.41) is 0. The Morgan fingerprint density at radius 3 is 2.29 bits per heavy atom. The highest BCUT2D eigenvalue weighted by Gasteiger charge is 2.16. The first-order chi connectivity index (χ1) is 7.87. The molecule has 0 amide bonds. The fourth-order valence-electron chi connectivity index (χ4n) is 1.54. The average Bonchev–Trinajstić information content (AvgIpc) is 2.22. The fraction of sp³-hybridized carbons (Fsp3) is 0.615. The number of aromatic nitrogens is 1. The molecule has 0 saturated carbocycles. The first kappa shape index (κ1) is 13.6. The molecule has 4 heteroatoms. The van der Waals surface area contributed by atoms with E-state index in [0.29, 0.717) is 11.6 Å². The molecule has 1 heterocycles. The van der Waals surface area contributed by atoms with Crippen molar-refractivity contribution in [2.75, 3.05) is 23.7 Å². The molecule has 0 aliphatic heterocycles. The monoisotopic (exact) mass is 237 g/mol. The molecule has 0 aromatic carbocycles. The zero-order valence-corrected chi connectivity index (χ0v) is 11.4. The Hall–Kier alpha value is -1.45. The molecule has 1 aromatic rings. The van der Waals surface area contributed by atoms with E-state index >= 15 is 0 Å². The number of hydrogen-bond acceptors (Lipinski definition) is 4. The Morgan fingerprint density at radius 1 is 1.24 bits per heavy atom. The van der Waals surface area contributed by atoms with E-state index in [2.05, 4.69) is 23.7 Å². The van der Waals surface area contributed by atoms with Crippen LogP contribution in [0.3, 0.4) is 0 Å². The lowest BCUT2D eigenvalue weighted by Gasteiger charge is -2.24. The summed E-state index contributed by atoms with van der Waals surface area (Å²) in [6.45, 7) is 12.0. The molecule has 0 radical (unpaired) electrons. The van der Waals surface area contributed by atoms with Gasteiger partial charge < -0.3 is 15.4 Å². The number of nitrogens with two attached hydrogens (primary N) is 1. The van der Waals surface area contributed by atoms with E-state index in [1.54, 1.807) is 0 Å². The average molecular weight is 237 g/mol. The molecule has 0 aliphatic rings. The number of nitrogen functional groups attached to an aromatic ring is 1. The van der Waals surface area contributed by atoms with Gasteiger partial charge in [0.25, 0.3) is 0 Å². The molecule has 17 heavy (non-hydrogen) atoms. The molecule has 96 valence electrons. The molecule has 2 N–H and O–H groups in total. The molecular weight excluding hydrogens is 214 g/mol. The van der Waals surface area contributed by atoms with Gasteiger partial charge in [-0.15, -0.1) is 0 Å². The van der Waals surface area contributed by atoms with Crippen LogP contribution in [-0.2, 0) is 0 Å². The first-order valence-electron chi connectivity index (χ1n) is 6.08. The highest BCUT2D eigenvalue weighted by Crippen LogP contribution is 2.26. The molecule has 0 fully saturated rings. The van der Waals surface area contributed by atoms with Gasteiger partial charge in [-0.25, -0.2) is 0 Å². The summed E-state index contributed by atoms with van der Waals surface area (Å²) in [6, 6.07) is 3.78. The summed E-state index contributed by atoms with van der Waals surface area (Å²) in [7, 11) is 0. The van der Waals surface area contributed by atoms with Crippen LogP contribution < -0.4 is 15.4 Å². The van der Waals surface area contributed by atoms with Crippen LogP contribution in [0.2, 0.25) is 0 Å². The SMILES string of the molecule is CCN(CC)c1ccc(N)c(OC(C)(C)C)n1. The third kappa shape index (κ3) is 3.80. The standard InChI is InChI=1S/C13H23N3O/c1-6-16(7-2)11-9-8-10(14)12(15-11)17-13(3,4)5/h8-9H,6-7,14H2,1-5H3. The van der Waals surface area contributed by atoms with Gasteiger partial charge >= 0.3 is 0 Å². The lowest BCUT2D eigenvalue weighted by molar-refractivity contribution is 0.125. The van der Waals surface area contributed by atoms with Crippen LogP contribution >= 0.6 is 0 Å². The first-order valence-corrected chi connectivity index (χ1v) is 6.08. The van der Waals surface area contributed by atoms with Crippen LogP contribution in [0.25, 0.3) is 0 Å². The second-order valence-electron chi connectivity index (χ2n) is 4.95. The molecular formula is C13H23N3O. The minimum atomic E-state index is -0.289. The zero-order chi connectivity index (χ0) is 13.1. The normalized spacial score (nSPS) is 11.4. The number of rotatable bonds is 4. The van der Waals surface area contributed by atoms with E-state index in [1.807, 2.05) is 32.9 Å². The van der Waals surface area contributed by atoms with Crippen molar-refractivity contribution < 1.29 is 4.74 Å². The van der Waals surface area contributed by atoms with Crippen molar-refractivity contribution >= 4 is 11.5 Å². The number of ether oxygens (including phenoxy) is 1. The zero-order valence-electron chi connectivity index (χ0n) is 11.4.